The summed E-state index contributed by atoms with van der Waals surface area (Å²) in [4.78, 5) is 17.2. The third-order valence-corrected chi connectivity index (χ3v) is 4.69. The Morgan fingerprint density at radius 3 is 2.71 bits per heavy atom. The van der Waals surface area contributed by atoms with Crippen molar-refractivity contribution in [2.24, 2.45) is 0 Å². The smallest absolute Gasteiger partial charge is 0.307 e. The molecular weight excluding hydrogens is 348 g/mol. The average molecular weight is 369 g/mol. The van der Waals surface area contributed by atoms with Gasteiger partial charge in [0.15, 0.2) is 11.9 Å². The molecule has 0 aliphatic carbocycles. The van der Waals surface area contributed by atoms with Gasteiger partial charge in [0.25, 0.3) is 5.89 Å². The summed E-state index contributed by atoms with van der Waals surface area (Å²) in [7, 11) is 0. The molecule has 0 aliphatic rings. The van der Waals surface area contributed by atoms with Gasteiger partial charge in [0.1, 0.15) is 0 Å². The van der Waals surface area contributed by atoms with Crippen LogP contribution in [-0.4, -0.2) is 21.9 Å². The Bertz CT molecular complexity index is 697. The Balaban J connectivity index is 1.81. The van der Waals surface area contributed by atoms with Crippen molar-refractivity contribution in [2.45, 2.75) is 50.5 Å². The lowest BCUT2D eigenvalue weighted by Crippen LogP contribution is -2.14. The Labute approximate surface area is 151 Å². The molecule has 1 aromatic carbocycles. The van der Waals surface area contributed by atoms with Gasteiger partial charge in [-0.15, -0.1) is 11.8 Å². The molecule has 0 N–H and O–H groups in total. The molecule has 0 spiro atoms. The largest absolute Gasteiger partial charge is 0.453 e. The molecule has 0 bridgehead atoms. The number of halogens is 1. The van der Waals surface area contributed by atoms with Crippen molar-refractivity contribution in [1.29, 1.82) is 0 Å². The van der Waals surface area contributed by atoms with E-state index in [-0.39, 0.29) is 17.8 Å². The quantitative estimate of drug-likeness (QED) is 0.538. The first-order valence-corrected chi connectivity index (χ1v) is 9.04. The molecule has 5 nitrogen and oxygen atoms in total. The highest BCUT2D eigenvalue weighted by atomic mass is 35.5. The lowest BCUT2D eigenvalue weighted by atomic mass is 9.96. The van der Waals surface area contributed by atoms with Gasteiger partial charge in [-0.3, -0.25) is 4.79 Å². The molecule has 1 heterocycles. The van der Waals surface area contributed by atoms with Crippen LogP contribution in [0.4, 0.5) is 0 Å². The molecule has 0 fully saturated rings. The fourth-order valence-corrected chi connectivity index (χ4v) is 2.99. The normalized spacial score (nSPS) is 12.9. The zero-order valence-corrected chi connectivity index (χ0v) is 15.8. The summed E-state index contributed by atoms with van der Waals surface area (Å²) in [6.07, 6.45) is -0.285. The van der Waals surface area contributed by atoms with Crippen LogP contribution in [0.2, 0.25) is 5.02 Å². The van der Waals surface area contributed by atoms with Crippen LogP contribution >= 0.6 is 23.4 Å². The van der Waals surface area contributed by atoms with Crippen molar-refractivity contribution in [3.05, 3.63) is 41.0 Å². The van der Waals surface area contributed by atoms with Crippen LogP contribution in [0.5, 0.6) is 0 Å². The van der Waals surface area contributed by atoms with Crippen LogP contribution in [0.25, 0.3) is 0 Å². The van der Waals surface area contributed by atoms with Gasteiger partial charge in [-0.1, -0.05) is 49.7 Å². The van der Waals surface area contributed by atoms with Crippen molar-refractivity contribution >= 4 is 29.3 Å². The molecule has 1 atom stereocenters. The summed E-state index contributed by atoms with van der Waals surface area (Å²) in [5.74, 6) is 1.19. The summed E-state index contributed by atoms with van der Waals surface area (Å²) >= 11 is 7.60. The van der Waals surface area contributed by atoms with Gasteiger partial charge in [-0.2, -0.15) is 4.98 Å². The minimum Gasteiger partial charge on any atom is -0.453 e. The molecule has 0 aliphatic heterocycles. The molecule has 0 saturated carbocycles. The molecule has 2 rings (SSSR count). The molecule has 0 amide bonds. The average Bonchev–Trinajstić information content (AvgIpc) is 2.99. The van der Waals surface area contributed by atoms with Gasteiger partial charge in [0.2, 0.25) is 0 Å². The first-order valence-electron chi connectivity index (χ1n) is 7.68. The fraction of sp³-hybridized carbons (Fsp3) is 0.471. The molecule has 24 heavy (non-hydrogen) atoms. The maximum Gasteiger partial charge on any atom is 0.307 e. The fourth-order valence-electron chi connectivity index (χ4n) is 1.82. The first-order chi connectivity index (χ1) is 11.3. The monoisotopic (exact) mass is 368 g/mol. The van der Waals surface area contributed by atoms with Crippen molar-refractivity contribution in [3.8, 4) is 0 Å². The number of hydrogen-bond acceptors (Lipinski definition) is 6. The zero-order valence-electron chi connectivity index (χ0n) is 14.2. The molecule has 130 valence electrons. The second kappa shape index (κ2) is 8.03. The van der Waals surface area contributed by atoms with Crippen LogP contribution in [0.3, 0.4) is 0 Å². The molecule has 0 radical (unpaired) electrons. The van der Waals surface area contributed by atoms with Gasteiger partial charge in [-0.25, -0.2) is 0 Å². The van der Waals surface area contributed by atoms with Gasteiger partial charge < -0.3 is 9.26 Å². The summed E-state index contributed by atoms with van der Waals surface area (Å²) in [6, 6.07) is 7.54. The van der Waals surface area contributed by atoms with Crippen LogP contribution in [-0.2, 0) is 14.9 Å². The lowest BCUT2D eigenvalue weighted by Gasteiger charge is -2.11. The minimum absolute atomic E-state index is 0.211. The number of rotatable bonds is 6. The van der Waals surface area contributed by atoms with Gasteiger partial charge in [-0.05, 0) is 19.1 Å². The van der Waals surface area contributed by atoms with E-state index in [9.17, 15) is 4.79 Å². The summed E-state index contributed by atoms with van der Waals surface area (Å²) in [6.45, 7) is 7.69. The third kappa shape index (κ3) is 5.24. The highest BCUT2D eigenvalue weighted by Gasteiger charge is 2.24. The Morgan fingerprint density at radius 2 is 2.08 bits per heavy atom. The number of ether oxygens (including phenoxy) is 1. The number of hydrogen-bond donors (Lipinski definition) is 0. The van der Waals surface area contributed by atoms with Crippen LogP contribution in [0, 0.1) is 0 Å². The van der Waals surface area contributed by atoms with E-state index < -0.39 is 6.10 Å². The number of carbonyl (C=O) groups excluding carboxylic acids is 1. The van der Waals surface area contributed by atoms with E-state index in [1.165, 1.54) is 11.8 Å². The SMILES string of the molecule is CC(OC(=O)CCSc1ccccc1Cl)c1nc(C(C)(C)C)no1. The first kappa shape index (κ1) is 18.8. The van der Waals surface area contributed by atoms with E-state index in [0.717, 1.165) is 4.90 Å². The second-order valence-electron chi connectivity index (χ2n) is 6.37. The summed E-state index contributed by atoms with van der Waals surface area (Å²) in [5.41, 5.74) is -0.211. The Kier molecular flexibility index (Phi) is 6.29. The highest BCUT2D eigenvalue weighted by Crippen LogP contribution is 2.27. The van der Waals surface area contributed by atoms with Crippen molar-refractivity contribution in [1.82, 2.24) is 10.1 Å². The van der Waals surface area contributed by atoms with E-state index >= 15 is 0 Å². The number of esters is 1. The maximum absolute atomic E-state index is 11.9. The van der Waals surface area contributed by atoms with Crippen LogP contribution in [0.1, 0.15) is 51.9 Å². The standard InChI is InChI=1S/C17H21ClN2O3S/c1-11(15-19-16(20-23-15)17(2,3)4)22-14(21)9-10-24-13-8-6-5-7-12(13)18/h5-8,11H,9-10H2,1-4H3. The van der Waals surface area contributed by atoms with E-state index in [0.29, 0.717) is 22.5 Å². The van der Waals surface area contributed by atoms with E-state index in [1.54, 1.807) is 6.92 Å². The van der Waals surface area contributed by atoms with Crippen molar-refractivity contribution < 1.29 is 14.1 Å². The Hall–Kier alpha value is -1.53. The van der Waals surface area contributed by atoms with Crippen LogP contribution < -0.4 is 0 Å². The minimum atomic E-state index is -0.564. The summed E-state index contributed by atoms with van der Waals surface area (Å²) in [5, 5.41) is 4.62. The van der Waals surface area contributed by atoms with E-state index in [1.807, 2.05) is 45.0 Å². The number of thioether (sulfide) groups is 1. The molecule has 0 saturated heterocycles. The van der Waals surface area contributed by atoms with Crippen LogP contribution in [0.15, 0.2) is 33.7 Å². The second-order valence-corrected chi connectivity index (χ2v) is 7.91. The van der Waals surface area contributed by atoms with E-state index in [4.69, 9.17) is 20.9 Å². The predicted octanol–water partition coefficient (Wildman–Crippen LogP) is 4.81. The molecule has 7 heteroatoms. The van der Waals surface area contributed by atoms with Crippen molar-refractivity contribution in [2.75, 3.05) is 5.75 Å². The van der Waals surface area contributed by atoms with Gasteiger partial charge >= 0.3 is 5.97 Å². The summed E-state index contributed by atoms with van der Waals surface area (Å²) < 4.78 is 10.5. The molecule has 1 unspecified atom stereocenters. The zero-order chi connectivity index (χ0) is 17.7. The topological polar surface area (TPSA) is 65.2 Å². The predicted molar refractivity (Wildman–Crippen MR) is 94.3 cm³/mol. The number of benzene rings is 1. The lowest BCUT2D eigenvalue weighted by molar-refractivity contribution is -0.149. The van der Waals surface area contributed by atoms with Crippen molar-refractivity contribution in [3.63, 3.8) is 0 Å². The number of carbonyl (C=O) groups is 1. The molecule has 1 aromatic heterocycles. The third-order valence-electron chi connectivity index (χ3n) is 3.17. The molecular formula is C17H21ClN2O3S. The van der Waals surface area contributed by atoms with Gasteiger partial charge in [0, 0.05) is 16.1 Å². The molecule has 2 aromatic rings. The highest BCUT2D eigenvalue weighted by molar-refractivity contribution is 7.99. The van der Waals surface area contributed by atoms with E-state index in [2.05, 4.69) is 10.1 Å². The Morgan fingerprint density at radius 1 is 1.38 bits per heavy atom. The number of aromatic nitrogens is 2. The number of nitrogens with zero attached hydrogens (tertiary/aromatic N) is 2. The van der Waals surface area contributed by atoms with Gasteiger partial charge in [0.05, 0.1) is 11.4 Å². The maximum atomic E-state index is 11.9.